The topological polar surface area (TPSA) is 52.6 Å². The summed E-state index contributed by atoms with van der Waals surface area (Å²) in [6.07, 6.45) is -1.62. The molecule has 0 radical (unpaired) electrons. The van der Waals surface area contributed by atoms with Gasteiger partial charge in [-0.15, -0.1) is 0 Å². The first-order valence-corrected chi connectivity index (χ1v) is 9.50. The highest BCUT2D eigenvalue weighted by atomic mass is 19.3. The van der Waals surface area contributed by atoms with E-state index in [0.717, 1.165) is 0 Å². The molecule has 160 valence electrons. The van der Waals surface area contributed by atoms with Crippen LogP contribution in [0.2, 0.25) is 0 Å². The molecule has 6 heteroatoms. The van der Waals surface area contributed by atoms with E-state index in [1.165, 1.54) is 27.7 Å². The van der Waals surface area contributed by atoms with Crippen LogP contribution in [-0.2, 0) is 19.1 Å². The minimum Gasteiger partial charge on any atom is -0.455 e. The number of rotatable bonds is 6. The van der Waals surface area contributed by atoms with E-state index in [4.69, 9.17) is 9.47 Å². The molecule has 2 unspecified atom stereocenters. The van der Waals surface area contributed by atoms with E-state index < -0.39 is 40.4 Å². The van der Waals surface area contributed by atoms with Crippen LogP contribution in [0.3, 0.4) is 0 Å². The molecular weight excluding hydrogens is 354 g/mol. The van der Waals surface area contributed by atoms with Crippen LogP contribution in [0, 0.1) is 16.2 Å². The van der Waals surface area contributed by atoms with Gasteiger partial charge in [0.25, 0.3) is 0 Å². The Balaban J connectivity index is 5.71. The van der Waals surface area contributed by atoms with Crippen LogP contribution in [0.1, 0.15) is 89.0 Å². The van der Waals surface area contributed by atoms with Gasteiger partial charge >= 0.3 is 17.9 Å². The number of alkyl halides is 2. The van der Waals surface area contributed by atoms with E-state index in [2.05, 4.69) is 0 Å². The number of carbonyl (C=O) groups is 2. The lowest BCUT2D eigenvalue weighted by molar-refractivity contribution is -0.212. The molecule has 0 aromatic carbocycles. The summed E-state index contributed by atoms with van der Waals surface area (Å²) in [5, 5.41) is 0. The fraction of sp³-hybridized carbons (Fsp3) is 0.905. The van der Waals surface area contributed by atoms with Crippen molar-refractivity contribution < 1.29 is 27.8 Å². The van der Waals surface area contributed by atoms with Gasteiger partial charge < -0.3 is 9.47 Å². The predicted octanol–water partition coefficient (Wildman–Crippen LogP) is 5.77. The Bertz CT molecular complexity index is 536. The van der Waals surface area contributed by atoms with Crippen LogP contribution in [0.25, 0.3) is 0 Å². The molecule has 0 rings (SSSR count). The molecule has 27 heavy (non-hydrogen) atoms. The zero-order chi connectivity index (χ0) is 22.1. The normalized spacial score (nSPS) is 17.1. The lowest BCUT2D eigenvalue weighted by atomic mass is 9.61. The highest BCUT2D eigenvalue weighted by molar-refractivity contribution is 5.81. The molecule has 0 aromatic heterocycles. The van der Waals surface area contributed by atoms with Gasteiger partial charge in [-0.2, -0.15) is 8.78 Å². The summed E-state index contributed by atoms with van der Waals surface area (Å²) in [6.45, 7) is 19.3. The molecule has 0 spiro atoms. The predicted molar refractivity (Wildman–Crippen MR) is 103 cm³/mol. The van der Waals surface area contributed by atoms with E-state index >= 15 is 0 Å². The highest BCUT2D eigenvalue weighted by Crippen LogP contribution is 2.48. The molecule has 0 heterocycles. The van der Waals surface area contributed by atoms with Crippen LogP contribution in [-0.4, -0.2) is 29.6 Å². The fourth-order valence-corrected chi connectivity index (χ4v) is 2.85. The third kappa shape index (κ3) is 7.04. The highest BCUT2D eigenvalue weighted by Gasteiger charge is 2.55. The molecule has 0 saturated heterocycles. The van der Waals surface area contributed by atoms with Gasteiger partial charge in [-0.25, -0.2) is 4.79 Å². The van der Waals surface area contributed by atoms with Gasteiger partial charge in [0.15, 0.2) is 6.10 Å². The molecule has 0 bridgehead atoms. The van der Waals surface area contributed by atoms with Gasteiger partial charge in [-0.05, 0) is 51.4 Å². The van der Waals surface area contributed by atoms with Crippen LogP contribution < -0.4 is 0 Å². The number of hydrogen-bond acceptors (Lipinski definition) is 4. The van der Waals surface area contributed by atoms with Crippen LogP contribution >= 0.6 is 0 Å². The van der Waals surface area contributed by atoms with Gasteiger partial charge in [0, 0.05) is 0 Å². The average molecular weight is 393 g/mol. The molecular formula is C21H38F2O4. The van der Waals surface area contributed by atoms with Crippen LogP contribution in [0.5, 0.6) is 0 Å². The second kappa shape index (κ2) is 8.04. The largest absolute Gasteiger partial charge is 0.455 e. The second-order valence-electron chi connectivity index (χ2n) is 10.7. The van der Waals surface area contributed by atoms with Crippen LogP contribution in [0.4, 0.5) is 8.78 Å². The summed E-state index contributed by atoms with van der Waals surface area (Å²) >= 11 is 0. The van der Waals surface area contributed by atoms with E-state index in [1.807, 2.05) is 41.5 Å². The van der Waals surface area contributed by atoms with E-state index in [1.54, 1.807) is 6.92 Å². The molecule has 0 aliphatic carbocycles. The molecule has 0 aromatic rings. The molecule has 0 fully saturated rings. The van der Waals surface area contributed by atoms with Crippen molar-refractivity contribution in [2.75, 3.05) is 0 Å². The molecule has 4 nitrogen and oxygen atoms in total. The van der Waals surface area contributed by atoms with Crippen molar-refractivity contribution in [1.29, 1.82) is 0 Å². The van der Waals surface area contributed by atoms with E-state index in [-0.39, 0.29) is 11.8 Å². The van der Waals surface area contributed by atoms with Crippen molar-refractivity contribution in [3.8, 4) is 0 Å². The zero-order valence-electron chi connectivity index (χ0n) is 18.9. The first kappa shape index (κ1) is 25.8. The zero-order valence-corrected chi connectivity index (χ0v) is 18.9. The fourth-order valence-electron chi connectivity index (χ4n) is 2.85. The Morgan fingerprint density at radius 1 is 0.852 bits per heavy atom. The Labute approximate surface area is 163 Å². The van der Waals surface area contributed by atoms with Crippen molar-refractivity contribution in [1.82, 2.24) is 0 Å². The Morgan fingerprint density at radius 2 is 1.30 bits per heavy atom. The van der Waals surface area contributed by atoms with Crippen LogP contribution in [0.15, 0.2) is 0 Å². The summed E-state index contributed by atoms with van der Waals surface area (Å²) in [6, 6.07) is 0. The monoisotopic (exact) mass is 392 g/mol. The number of ether oxygens (including phenoxy) is 2. The van der Waals surface area contributed by atoms with Gasteiger partial charge in [0.2, 0.25) is 0 Å². The number of carbonyl (C=O) groups excluding carboxylic acids is 2. The Morgan fingerprint density at radius 3 is 1.59 bits per heavy atom. The standard InChI is InChI=1S/C21H38F2O4/c1-12-14(21(22,23)16(25)27-19(8,9)10)26-15(24)20(11,18(5,6)7)13-17(2,3)4/h14H,12-13H2,1-11H3. The van der Waals surface area contributed by atoms with E-state index in [0.29, 0.717) is 6.42 Å². The smallest absolute Gasteiger partial charge is 0.381 e. The molecule has 2 atom stereocenters. The van der Waals surface area contributed by atoms with Gasteiger partial charge in [0.05, 0.1) is 5.41 Å². The third-order valence-corrected chi connectivity index (χ3v) is 4.69. The molecule has 0 amide bonds. The van der Waals surface area contributed by atoms with E-state index in [9.17, 15) is 18.4 Å². The van der Waals surface area contributed by atoms with Crippen molar-refractivity contribution in [3.63, 3.8) is 0 Å². The SMILES string of the molecule is CCC(OC(=O)C(C)(CC(C)(C)C)C(C)(C)C)C(F)(F)C(=O)OC(C)(C)C. The maximum absolute atomic E-state index is 14.6. The van der Waals surface area contributed by atoms with Crippen molar-refractivity contribution >= 4 is 11.9 Å². The molecule has 0 saturated carbocycles. The third-order valence-electron chi connectivity index (χ3n) is 4.69. The van der Waals surface area contributed by atoms with Gasteiger partial charge in [0.1, 0.15) is 5.60 Å². The summed E-state index contributed by atoms with van der Waals surface area (Å²) in [5.74, 6) is -6.32. The molecule has 0 aliphatic rings. The number of hydrogen-bond donors (Lipinski definition) is 0. The number of halogens is 2. The quantitative estimate of drug-likeness (QED) is 0.538. The summed E-state index contributed by atoms with van der Waals surface area (Å²) in [7, 11) is 0. The summed E-state index contributed by atoms with van der Waals surface area (Å²) < 4.78 is 39.4. The van der Waals surface area contributed by atoms with Crippen molar-refractivity contribution in [2.45, 2.75) is 107 Å². The maximum atomic E-state index is 14.6. The number of esters is 2. The van der Waals surface area contributed by atoms with Crippen molar-refractivity contribution in [3.05, 3.63) is 0 Å². The molecule has 0 N–H and O–H groups in total. The summed E-state index contributed by atoms with van der Waals surface area (Å²) in [4.78, 5) is 25.0. The lowest BCUT2D eigenvalue weighted by Gasteiger charge is -2.44. The average Bonchev–Trinajstić information content (AvgIpc) is 2.38. The Hall–Kier alpha value is -1.20. The van der Waals surface area contributed by atoms with Gasteiger partial charge in [-0.1, -0.05) is 48.5 Å². The second-order valence-corrected chi connectivity index (χ2v) is 10.7. The van der Waals surface area contributed by atoms with Gasteiger partial charge in [-0.3, -0.25) is 4.79 Å². The first-order valence-electron chi connectivity index (χ1n) is 9.50. The minimum absolute atomic E-state index is 0.201. The maximum Gasteiger partial charge on any atom is 0.381 e. The Kier molecular flexibility index (Phi) is 7.68. The minimum atomic E-state index is -3.92. The first-order chi connectivity index (χ1) is 11.7. The molecule has 0 aliphatic heterocycles. The van der Waals surface area contributed by atoms with Crippen molar-refractivity contribution in [2.24, 2.45) is 16.2 Å². The lowest BCUT2D eigenvalue weighted by Crippen LogP contribution is -2.51. The summed E-state index contributed by atoms with van der Waals surface area (Å²) in [5.41, 5.74) is -2.79.